The van der Waals surface area contributed by atoms with Gasteiger partial charge in [-0.3, -0.25) is 9.59 Å². The molecule has 2 rings (SSSR count). The summed E-state index contributed by atoms with van der Waals surface area (Å²) < 4.78 is 20.8. The Morgan fingerprint density at radius 1 is 1.08 bits per heavy atom. The number of pyridine rings is 1. The summed E-state index contributed by atoms with van der Waals surface area (Å²) in [5.41, 5.74) is -0.164. The molecule has 2 aromatic rings. The number of carbonyl (C=O) groups excluding carboxylic acids is 3. The minimum absolute atomic E-state index is 0.108. The fraction of sp³-hybridized carbons (Fsp3) is 0.481. The first kappa shape index (κ1) is 31.4. The van der Waals surface area contributed by atoms with Crippen LogP contribution in [0.5, 0.6) is 17.2 Å². The molecule has 3 atom stereocenters. The Hall–Kier alpha value is -3.66. The van der Waals surface area contributed by atoms with Crippen molar-refractivity contribution in [3.8, 4) is 17.2 Å². The van der Waals surface area contributed by atoms with E-state index in [1.165, 1.54) is 33.2 Å². The number of carbonyl (C=O) groups is 3. The molecule has 3 unspecified atom stereocenters. The van der Waals surface area contributed by atoms with E-state index in [-0.39, 0.29) is 23.3 Å². The van der Waals surface area contributed by atoms with Crippen molar-refractivity contribution in [2.75, 3.05) is 20.8 Å². The van der Waals surface area contributed by atoms with E-state index in [1.807, 2.05) is 13.0 Å². The summed E-state index contributed by atoms with van der Waals surface area (Å²) in [5, 5.41) is 11.2. The van der Waals surface area contributed by atoms with Crippen molar-refractivity contribution in [3.63, 3.8) is 0 Å². The zero-order chi connectivity index (χ0) is 27.8. The van der Waals surface area contributed by atoms with Crippen molar-refractivity contribution in [1.82, 2.24) is 10.3 Å². The molecule has 0 bridgehead atoms. The van der Waals surface area contributed by atoms with Crippen LogP contribution in [-0.2, 0) is 19.1 Å². The van der Waals surface area contributed by atoms with Crippen LogP contribution in [0, 0.1) is 5.92 Å². The summed E-state index contributed by atoms with van der Waals surface area (Å²) >= 11 is 0. The molecule has 10 nitrogen and oxygen atoms in total. The SMILES string of the molecule is CCC(CCOC)CC(C)OC(=O)C(C)NC(=O)c1nccc(OC)c1OC(C)=O.Oc1ccccc1. The number of esters is 2. The van der Waals surface area contributed by atoms with Crippen LogP contribution in [0.2, 0.25) is 0 Å². The van der Waals surface area contributed by atoms with Gasteiger partial charge in [-0.1, -0.05) is 31.5 Å². The quantitative estimate of drug-likeness (QED) is 0.401. The lowest BCUT2D eigenvalue weighted by atomic mass is 9.96. The fourth-order valence-electron chi connectivity index (χ4n) is 3.34. The molecule has 1 aromatic heterocycles. The number of ether oxygens (including phenoxy) is 4. The number of nitrogens with zero attached hydrogens (tertiary/aromatic N) is 1. The van der Waals surface area contributed by atoms with Crippen molar-refractivity contribution in [2.24, 2.45) is 5.92 Å². The number of hydrogen-bond acceptors (Lipinski definition) is 9. The third-order valence-electron chi connectivity index (χ3n) is 5.30. The Morgan fingerprint density at radius 3 is 2.27 bits per heavy atom. The van der Waals surface area contributed by atoms with Gasteiger partial charge in [-0.05, 0) is 44.7 Å². The van der Waals surface area contributed by atoms with Crippen molar-refractivity contribution >= 4 is 17.8 Å². The third-order valence-corrected chi connectivity index (χ3v) is 5.30. The van der Waals surface area contributed by atoms with Gasteiger partial charge in [0.25, 0.3) is 5.91 Å². The minimum atomic E-state index is -0.919. The maximum Gasteiger partial charge on any atom is 0.328 e. The highest BCUT2D eigenvalue weighted by molar-refractivity contribution is 5.98. The number of amides is 1. The highest BCUT2D eigenvalue weighted by Crippen LogP contribution is 2.29. The first-order valence-electron chi connectivity index (χ1n) is 12.1. The average molecular weight is 519 g/mol. The largest absolute Gasteiger partial charge is 0.508 e. The maximum absolute atomic E-state index is 12.6. The highest BCUT2D eigenvalue weighted by atomic mass is 16.6. The van der Waals surface area contributed by atoms with E-state index in [0.29, 0.717) is 24.7 Å². The van der Waals surface area contributed by atoms with E-state index in [0.717, 1.165) is 12.8 Å². The Bertz CT molecular complexity index is 984. The smallest absolute Gasteiger partial charge is 0.328 e. The molecule has 0 aliphatic carbocycles. The first-order chi connectivity index (χ1) is 17.6. The van der Waals surface area contributed by atoms with Crippen LogP contribution in [0.4, 0.5) is 0 Å². The van der Waals surface area contributed by atoms with Gasteiger partial charge in [-0.25, -0.2) is 9.78 Å². The lowest BCUT2D eigenvalue weighted by Gasteiger charge is -2.22. The normalized spacial score (nSPS) is 12.7. The second kappa shape index (κ2) is 16.9. The Labute approximate surface area is 218 Å². The van der Waals surface area contributed by atoms with Gasteiger partial charge >= 0.3 is 11.9 Å². The zero-order valence-corrected chi connectivity index (χ0v) is 22.4. The van der Waals surface area contributed by atoms with Crippen molar-refractivity contribution in [3.05, 3.63) is 48.3 Å². The second-order valence-corrected chi connectivity index (χ2v) is 8.35. The highest BCUT2D eigenvalue weighted by Gasteiger charge is 2.26. The van der Waals surface area contributed by atoms with Gasteiger partial charge in [0.2, 0.25) is 5.75 Å². The molecule has 0 aliphatic heterocycles. The number of phenols is 1. The van der Waals surface area contributed by atoms with E-state index in [2.05, 4.69) is 17.2 Å². The number of aromatic hydroxyl groups is 1. The predicted octanol–water partition coefficient (Wildman–Crippen LogP) is 3.91. The third kappa shape index (κ3) is 11.7. The lowest BCUT2D eigenvalue weighted by Crippen LogP contribution is -2.41. The number of benzene rings is 1. The van der Waals surface area contributed by atoms with Crippen LogP contribution < -0.4 is 14.8 Å². The lowest BCUT2D eigenvalue weighted by molar-refractivity contribution is -0.151. The van der Waals surface area contributed by atoms with E-state index in [4.69, 9.17) is 24.1 Å². The molecule has 2 N–H and O–H groups in total. The Morgan fingerprint density at radius 2 is 1.76 bits per heavy atom. The summed E-state index contributed by atoms with van der Waals surface area (Å²) in [6.07, 6.45) is 3.60. The topological polar surface area (TPSA) is 133 Å². The van der Waals surface area contributed by atoms with Crippen LogP contribution in [-0.4, -0.2) is 60.9 Å². The van der Waals surface area contributed by atoms with Crippen molar-refractivity contribution in [2.45, 2.75) is 59.1 Å². The molecule has 0 aliphatic rings. The van der Waals surface area contributed by atoms with Crippen LogP contribution in [0.15, 0.2) is 42.6 Å². The summed E-state index contributed by atoms with van der Waals surface area (Å²) in [6.45, 7) is 7.28. The molecule has 1 heterocycles. The molecule has 0 radical (unpaired) electrons. The monoisotopic (exact) mass is 518 g/mol. The zero-order valence-electron chi connectivity index (χ0n) is 22.4. The first-order valence-corrected chi connectivity index (χ1v) is 12.1. The van der Waals surface area contributed by atoms with Gasteiger partial charge < -0.3 is 29.4 Å². The van der Waals surface area contributed by atoms with Gasteiger partial charge in [0, 0.05) is 32.9 Å². The molecule has 0 spiro atoms. The Kier molecular flexibility index (Phi) is 14.3. The Balaban J connectivity index is 0.000000836. The van der Waals surface area contributed by atoms with E-state index in [9.17, 15) is 14.4 Å². The average Bonchev–Trinajstić information content (AvgIpc) is 2.86. The number of rotatable bonds is 12. The second-order valence-electron chi connectivity index (χ2n) is 8.35. The van der Waals surface area contributed by atoms with Gasteiger partial charge in [0.15, 0.2) is 11.4 Å². The minimum Gasteiger partial charge on any atom is -0.508 e. The molecule has 1 aromatic carbocycles. The van der Waals surface area contributed by atoms with Gasteiger partial charge in [0.1, 0.15) is 11.8 Å². The van der Waals surface area contributed by atoms with E-state index in [1.54, 1.807) is 31.4 Å². The number of methoxy groups -OCH3 is 2. The molecule has 0 saturated heterocycles. The van der Waals surface area contributed by atoms with Gasteiger partial charge in [0.05, 0.1) is 13.2 Å². The molecule has 0 fully saturated rings. The van der Waals surface area contributed by atoms with Crippen LogP contribution in [0.3, 0.4) is 0 Å². The van der Waals surface area contributed by atoms with E-state index >= 15 is 0 Å². The number of hydrogen-bond donors (Lipinski definition) is 2. The number of para-hydroxylation sites is 1. The summed E-state index contributed by atoms with van der Waals surface area (Å²) in [7, 11) is 3.03. The van der Waals surface area contributed by atoms with E-state index < -0.39 is 23.9 Å². The van der Waals surface area contributed by atoms with Crippen LogP contribution >= 0.6 is 0 Å². The molecular weight excluding hydrogens is 480 g/mol. The number of phenolic OH excluding ortho intramolecular Hbond substituents is 1. The molecule has 1 amide bonds. The predicted molar refractivity (Wildman–Crippen MR) is 138 cm³/mol. The van der Waals surface area contributed by atoms with Crippen molar-refractivity contribution < 1.29 is 38.4 Å². The van der Waals surface area contributed by atoms with Crippen molar-refractivity contribution in [1.29, 1.82) is 0 Å². The standard InChI is InChI=1S/C21H32N2O7.C6H6O/c1-7-16(9-11-27-5)12-13(2)29-21(26)14(3)23-20(25)18-19(30-15(4)24)17(28-6)8-10-22-18;7-6-4-2-1-3-5-6/h8,10,13-14,16H,7,9,11-12H2,1-6H3,(H,23,25);1-5,7H. The number of nitrogens with one attached hydrogen (secondary N) is 1. The molecular formula is C27H38N2O8. The van der Waals surface area contributed by atoms with Crippen LogP contribution in [0.25, 0.3) is 0 Å². The molecule has 10 heteroatoms. The van der Waals surface area contributed by atoms with Gasteiger partial charge in [-0.2, -0.15) is 0 Å². The summed E-state index contributed by atoms with van der Waals surface area (Å²) in [5.74, 6) is -1.11. The summed E-state index contributed by atoms with van der Waals surface area (Å²) in [4.78, 5) is 40.3. The molecule has 37 heavy (non-hydrogen) atoms. The number of aromatic nitrogens is 1. The molecule has 204 valence electrons. The molecule has 0 saturated carbocycles. The van der Waals surface area contributed by atoms with Crippen LogP contribution in [0.1, 0.15) is 57.4 Å². The van der Waals surface area contributed by atoms with Gasteiger partial charge in [-0.15, -0.1) is 0 Å². The fourth-order valence-corrected chi connectivity index (χ4v) is 3.34. The summed E-state index contributed by atoms with van der Waals surface area (Å²) in [6, 6.07) is 9.25. The maximum atomic E-state index is 12.6.